The van der Waals surface area contributed by atoms with Gasteiger partial charge in [0.05, 0.1) is 37.5 Å². The van der Waals surface area contributed by atoms with Crippen molar-refractivity contribution in [3.8, 4) is 11.8 Å². The zero-order valence-electron chi connectivity index (χ0n) is 25.7. The highest BCUT2D eigenvalue weighted by molar-refractivity contribution is 7.44. The summed E-state index contributed by atoms with van der Waals surface area (Å²) in [4.78, 5) is 36.9. The molecule has 42 heavy (non-hydrogen) atoms. The Hall–Kier alpha value is -2.83. The molecule has 0 aliphatic carbocycles. The third kappa shape index (κ3) is 12.6. The fraction of sp³-hybridized carbons (Fsp3) is 0.613. The van der Waals surface area contributed by atoms with Gasteiger partial charge in [0.1, 0.15) is 11.3 Å². The standard InChI is InChI=1S/C31H46N3O7P/c1-6-17-34(18-7-2)42(39-20-12-15-32)38-19-11-9-8-10-16-33-28(35)21-24-22-29(36)41-27-23-25(13-14-26(24)27)40-30(37)31(3,4)5/h13-14,22-23H,6-12,16-21H2,1-5H3,(H,33,35). The predicted octanol–water partition coefficient (Wildman–Crippen LogP) is 6.26. The summed E-state index contributed by atoms with van der Waals surface area (Å²) in [5.74, 6) is -0.301. The largest absolute Gasteiger partial charge is 0.426 e. The van der Waals surface area contributed by atoms with Crippen molar-refractivity contribution >= 4 is 31.4 Å². The van der Waals surface area contributed by atoms with E-state index in [1.807, 2.05) is 0 Å². The van der Waals surface area contributed by atoms with E-state index < -0.39 is 25.5 Å². The summed E-state index contributed by atoms with van der Waals surface area (Å²) in [5.41, 5.74) is -0.429. The molecule has 11 heteroatoms. The molecular formula is C31H46N3O7P. The minimum absolute atomic E-state index is 0.0401. The van der Waals surface area contributed by atoms with Crippen LogP contribution in [0.15, 0.2) is 33.5 Å². The number of amides is 1. The lowest BCUT2D eigenvalue weighted by Gasteiger charge is -2.28. The number of esters is 1. The van der Waals surface area contributed by atoms with Crippen LogP contribution in [0.25, 0.3) is 11.0 Å². The molecule has 0 saturated heterocycles. The van der Waals surface area contributed by atoms with Gasteiger partial charge in [-0.3, -0.25) is 9.59 Å². The van der Waals surface area contributed by atoms with Gasteiger partial charge in [0, 0.05) is 37.2 Å². The summed E-state index contributed by atoms with van der Waals surface area (Å²) < 4.78 is 24.9. The van der Waals surface area contributed by atoms with E-state index in [9.17, 15) is 14.4 Å². The summed E-state index contributed by atoms with van der Waals surface area (Å²) in [6, 6.07) is 8.26. The average Bonchev–Trinajstić information content (AvgIpc) is 2.92. The Bertz CT molecular complexity index is 1230. The molecule has 0 bridgehead atoms. The summed E-state index contributed by atoms with van der Waals surface area (Å²) in [5, 5.41) is 12.4. The molecule has 1 aromatic heterocycles. The van der Waals surface area contributed by atoms with Crippen molar-refractivity contribution in [3.05, 3.63) is 40.2 Å². The van der Waals surface area contributed by atoms with Crippen molar-refractivity contribution in [1.82, 2.24) is 9.99 Å². The number of hydrogen-bond donors (Lipinski definition) is 1. The van der Waals surface area contributed by atoms with Crippen LogP contribution in [0.2, 0.25) is 0 Å². The molecule has 0 saturated carbocycles. The smallest absolute Gasteiger partial charge is 0.336 e. The first-order chi connectivity index (χ1) is 20.1. The molecule has 0 radical (unpaired) electrons. The average molecular weight is 604 g/mol. The van der Waals surface area contributed by atoms with Crippen LogP contribution in [0, 0.1) is 16.7 Å². The molecule has 0 aliphatic rings. The Kier molecular flexibility index (Phi) is 15.7. The molecule has 1 aromatic carbocycles. The first-order valence-electron chi connectivity index (χ1n) is 14.8. The molecule has 232 valence electrons. The van der Waals surface area contributed by atoms with Gasteiger partial charge >= 0.3 is 11.6 Å². The molecule has 1 N–H and O–H groups in total. The van der Waals surface area contributed by atoms with Gasteiger partial charge in [-0.15, -0.1) is 0 Å². The molecule has 10 nitrogen and oxygen atoms in total. The van der Waals surface area contributed by atoms with E-state index in [0.29, 0.717) is 37.1 Å². The maximum Gasteiger partial charge on any atom is 0.336 e. The number of ether oxygens (including phenoxy) is 1. The second-order valence-electron chi connectivity index (χ2n) is 11.1. The maximum absolute atomic E-state index is 12.6. The number of carbonyl (C=O) groups is 2. The van der Waals surface area contributed by atoms with E-state index in [1.165, 1.54) is 12.1 Å². The molecule has 1 unspecified atom stereocenters. The molecule has 0 spiro atoms. The van der Waals surface area contributed by atoms with E-state index in [4.69, 9.17) is 23.5 Å². The summed E-state index contributed by atoms with van der Waals surface area (Å²) >= 11 is 0. The molecular weight excluding hydrogens is 557 g/mol. The molecule has 0 aliphatic heterocycles. The van der Waals surface area contributed by atoms with Gasteiger partial charge in [0.2, 0.25) is 5.91 Å². The number of carbonyl (C=O) groups excluding carboxylic acids is 2. The lowest BCUT2D eigenvalue weighted by molar-refractivity contribution is -0.143. The van der Waals surface area contributed by atoms with E-state index in [0.717, 1.165) is 51.6 Å². The lowest BCUT2D eigenvalue weighted by Crippen LogP contribution is -2.26. The maximum atomic E-state index is 12.6. The normalized spacial score (nSPS) is 12.3. The topological polar surface area (TPSA) is 131 Å². The fourth-order valence-corrected chi connectivity index (χ4v) is 5.69. The van der Waals surface area contributed by atoms with Crippen LogP contribution >= 0.6 is 8.53 Å². The second kappa shape index (κ2) is 18.7. The number of unbranched alkanes of at least 4 members (excludes halogenated alkanes) is 3. The number of fused-ring (bicyclic) bond motifs is 1. The van der Waals surface area contributed by atoms with E-state index >= 15 is 0 Å². The van der Waals surface area contributed by atoms with Gasteiger partial charge in [-0.2, -0.15) is 5.26 Å². The van der Waals surface area contributed by atoms with Gasteiger partial charge in [-0.05, 0) is 64.2 Å². The minimum atomic E-state index is -1.16. The van der Waals surface area contributed by atoms with E-state index in [1.54, 1.807) is 32.9 Å². The molecule has 1 amide bonds. The first-order valence-corrected chi connectivity index (χ1v) is 16.0. The highest BCUT2D eigenvalue weighted by Gasteiger charge is 2.24. The lowest BCUT2D eigenvalue weighted by atomic mass is 9.97. The van der Waals surface area contributed by atoms with E-state index in [-0.39, 0.29) is 23.7 Å². The van der Waals surface area contributed by atoms with Crippen LogP contribution in [0.3, 0.4) is 0 Å². The molecule has 2 rings (SSSR count). The van der Waals surface area contributed by atoms with Crippen molar-refractivity contribution < 1.29 is 27.8 Å². The van der Waals surface area contributed by atoms with Crippen LogP contribution in [-0.4, -0.2) is 49.4 Å². The Labute approximate surface area is 250 Å². The third-order valence-corrected chi connectivity index (χ3v) is 7.85. The predicted molar refractivity (Wildman–Crippen MR) is 164 cm³/mol. The number of nitriles is 1. The Morgan fingerprint density at radius 3 is 2.38 bits per heavy atom. The molecule has 0 fully saturated rings. The summed E-state index contributed by atoms with van der Waals surface area (Å²) in [7, 11) is -1.16. The first kappa shape index (κ1) is 35.4. The Morgan fingerprint density at radius 2 is 1.71 bits per heavy atom. The Morgan fingerprint density at radius 1 is 1.02 bits per heavy atom. The van der Waals surface area contributed by atoms with Gasteiger partial charge in [0.15, 0.2) is 0 Å². The van der Waals surface area contributed by atoms with Crippen LogP contribution in [0.1, 0.15) is 85.1 Å². The van der Waals surface area contributed by atoms with Crippen molar-refractivity contribution in [3.63, 3.8) is 0 Å². The number of rotatable bonds is 19. The number of hydrogen-bond acceptors (Lipinski definition) is 9. The highest BCUT2D eigenvalue weighted by Crippen LogP contribution is 2.43. The molecule has 1 atom stereocenters. The minimum Gasteiger partial charge on any atom is -0.426 e. The zero-order chi connectivity index (χ0) is 31.0. The monoisotopic (exact) mass is 603 g/mol. The number of nitrogens with one attached hydrogen (secondary N) is 1. The van der Waals surface area contributed by atoms with Crippen molar-refractivity contribution in [2.45, 2.75) is 86.0 Å². The van der Waals surface area contributed by atoms with Crippen LogP contribution in [0.5, 0.6) is 5.75 Å². The molecule has 2 aromatic rings. The Balaban J connectivity index is 1.77. The zero-order valence-corrected chi connectivity index (χ0v) is 26.6. The quantitative estimate of drug-likeness (QED) is 0.0650. The summed E-state index contributed by atoms with van der Waals surface area (Å²) in [6.45, 7) is 12.8. The van der Waals surface area contributed by atoms with Crippen LogP contribution < -0.4 is 15.7 Å². The second-order valence-corrected chi connectivity index (χ2v) is 12.7. The van der Waals surface area contributed by atoms with Crippen LogP contribution in [-0.2, 0) is 25.1 Å². The molecule has 1 heterocycles. The number of benzene rings is 1. The van der Waals surface area contributed by atoms with Gasteiger partial charge in [0.25, 0.3) is 8.53 Å². The number of nitrogens with zero attached hydrogens (tertiary/aromatic N) is 2. The van der Waals surface area contributed by atoms with Crippen molar-refractivity contribution in [2.75, 3.05) is 32.8 Å². The summed E-state index contributed by atoms with van der Waals surface area (Å²) in [6.07, 6.45) is 6.04. The van der Waals surface area contributed by atoms with Gasteiger partial charge in [-0.1, -0.05) is 26.7 Å². The van der Waals surface area contributed by atoms with Crippen molar-refractivity contribution in [1.29, 1.82) is 5.26 Å². The SMILES string of the molecule is CCCN(CCC)P(OCCC#N)OCCCCCCNC(=O)Cc1cc(=O)oc2cc(OC(=O)C(C)(C)C)ccc12. The van der Waals surface area contributed by atoms with E-state index in [2.05, 4.69) is 29.9 Å². The van der Waals surface area contributed by atoms with Crippen molar-refractivity contribution in [2.24, 2.45) is 5.41 Å². The van der Waals surface area contributed by atoms with Gasteiger partial charge < -0.3 is 23.5 Å². The third-order valence-electron chi connectivity index (χ3n) is 6.18. The fourth-order valence-electron chi connectivity index (χ4n) is 4.03. The van der Waals surface area contributed by atoms with Crippen LogP contribution in [0.4, 0.5) is 0 Å². The highest BCUT2D eigenvalue weighted by atomic mass is 31.2. The van der Waals surface area contributed by atoms with Gasteiger partial charge in [-0.25, -0.2) is 9.46 Å².